The molecule has 0 fully saturated rings. The van der Waals surface area contributed by atoms with Gasteiger partial charge in [0.2, 0.25) is 0 Å². The van der Waals surface area contributed by atoms with E-state index in [0.29, 0.717) is 32.8 Å². The monoisotopic (exact) mass is 261 g/mol. The zero-order chi connectivity index (χ0) is 14.0. The second-order valence-electron chi connectivity index (χ2n) is 4.68. The molecule has 5 heteroatoms. The predicted octanol–water partition coefficient (Wildman–Crippen LogP) is 1.36. The number of nitrogens with one attached hydrogen (secondary N) is 1. The fourth-order valence-corrected chi connectivity index (χ4v) is 1.74. The van der Waals surface area contributed by atoms with E-state index in [2.05, 4.69) is 5.32 Å². The van der Waals surface area contributed by atoms with E-state index in [9.17, 15) is 4.79 Å². The van der Waals surface area contributed by atoms with Crippen LogP contribution in [0.5, 0.6) is 0 Å². The van der Waals surface area contributed by atoms with E-state index >= 15 is 0 Å². The third-order valence-electron chi connectivity index (χ3n) is 2.57. The molecule has 0 radical (unpaired) electrons. The van der Waals surface area contributed by atoms with Crippen molar-refractivity contribution in [2.45, 2.75) is 45.7 Å². The number of ether oxygens (including phenoxy) is 3. The molecule has 1 unspecified atom stereocenters. The average Bonchev–Trinajstić information content (AvgIpc) is 2.31. The molecule has 0 aromatic heterocycles. The van der Waals surface area contributed by atoms with Gasteiger partial charge in [-0.25, -0.2) is 0 Å². The minimum Gasteiger partial charge on any atom is -0.468 e. The summed E-state index contributed by atoms with van der Waals surface area (Å²) < 4.78 is 15.4. The first kappa shape index (κ1) is 17.4. The molecular weight excluding hydrogens is 234 g/mol. The minimum absolute atomic E-state index is 0.206. The topological polar surface area (TPSA) is 56.8 Å². The maximum Gasteiger partial charge on any atom is 0.325 e. The molecule has 1 atom stereocenters. The molecule has 0 aliphatic rings. The summed E-state index contributed by atoms with van der Waals surface area (Å²) in [7, 11) is 1.40. The van der Waals surface area contributed by atoms with E-state index in [4.69, 9.17) is 14.2 Å². The van der Waals surface area contributed by atoms with Crippen molar-refractivity contribution in [2.75, 3.05) is 33.5 Å². The summed E-state index contributed by atoms with van der Waals surface area (Å²) in [6.07, 6.45) is 0.573. The number of carbonyl (C=O) groups is 1. The summed E-state index contributed by atoms with van der Waals surface area (Å²) in [6.45, 7) is 10.1. The van der Waals surface area contributed by atoms with Gasteiger partial charge in [0, 0.05) is 19.3 Å². The number of rotatable bonds is 10. The van der Waals surface area contributed by atoms with Crippen LogP contribution in [0.4, 0.5) is 0 Å². The van der Waals surface area contributed by atoms with E-state index in [-0.39, 0.29) is 12.0 Å². The molecule has 1 N–H and O–H groups in total. The van der Waals surface area contributed by atoms with E-state index in [1.54, 1.807) is 0 Å². The number of esters is 1. The Bertz CT molecular complexity index is 233. The Balaban J connectivity index is 4.05. The average molecular weight is 261 g/mol. The summed E-state index contributed by atoms with van der Waals surface area (Å²) in [6, 6.07) is 0.206. The van der Waals surface area contributed by atoms with Crippen LogP contribution in [-0.4, -0.2) is 51.1 Å². The highest BCUT2D eigenvalue weighted by Gasteiger charge is 2.34. The quantitative estimate of drug-likeness (QED) is 0.475. The standard InChI is InChI=1S/C13H27NO4/c1-6-17-9-10-18-8-7-13(4,12(15)16-5)14-11(2)3/h11,14H,6-10H2,1-5H3. The molecule has 0 aromatic rings. The lowest BCUT2D eigenvalue weighted by Gasteiger charge is -2.30. The predicted molar refractivity (Wildman–Crippen MR) is 70.6 cm³/mol. The lowest BCUT2D eigenvalue weighted by molar-refractivity contribution is -0.149. The first-order chi connectivity index (χ1) is 8.46. The van der Waals surface area contributed by atoms with Crippen molar-refractivity contribution in [1.29, 1.82) is 0 Å². The number of hydrogen-bond acceptors (Lipinski definition) is 5. The number of methoxy groups -OCH3 is 1. The Hall–Kier alpha value is -0.650. The highest BCUT2D eigenvalue weighted by Crippen LogP contribution is 2.13. The summed E-state index contributed by atoms with van der Waals surface area (Å²) in [5, 5.41) is 3.22. The van der Waals surface area contributed by atoms with Crippen LogP contribution in [0.3, 0.4) is 0 Å². The van der Waals surface area contributed by atoms with Gasteiger partial charge in [0.25, 0.3) is 0 Å². The van der Waals surface area contributed by atoms with Gasteiger partial charge in [0.15, 0.2) is 0 Å². The van der Waals surface area contributed by atoms with Gasteiger partial charge in [0.05, 0.1) is 20.3 Å². The van der Waals surface area contributed by atoms with Crippen molar-refractivity contribution in [1.82, 2.24) is 5.32 Å². The van der Waals surface area contributed by atoms with E-state index in [0.717, 1.165) is 0 Å². The first-order valence-electron chi connectivity index (χ1n) is 6.48. The van der Waals surface area contributed by atoms with Crippen molar-refractivity contribution in [2.24, 2.45) is 0 Å². The van der Waals surface area contributed by atoms with E-state index < -0.39 is 5.54 Å². The Morgan fingerprint density at radius 1 is 1.22 bits per heavy atom. The highest BCUT2D eigenvalue weighted by molar-refractivity contribution is 5.80. The van der Waals surface area contributed by atoms with Crippen molar-refractivity contribution in [3.05, 3.63) is 0 Å². The third kappa shape index (κ3) is 6.93. The first-order valence-corrected chi connectivity index (χ1v) is 6.48. The summed E-state index contributed by atoms with van der Waals surface area (Å²) >= 11 is 0. The van der Waals surface area contributed by atoms with Gasteiger partial charge in [-0.1, -0.05) is 0 Å². The minimum atomic E-state index is -0.700. The van der Waals surface area contributed by atoms with Crippen molar-refractivity contribution in [3.8, 4) is 0 Å². The maximum absolute atomic E-state index is 11.8. The Morgan fingerprint density at radius 3 is 2.33 bits per heavy atom. The van der Waals surface area contributed by atoms with E-state index in [1.807, 2.05) is 27.7 Å². The molecule has 0 amide bonds. The maximum atomic E-state index is 11.8. The molecule has 0 aromatic carbocycles. The molecule has 0 bridgehead atoms. The summed E-state index contributed by atoms with van der Waals surface area (Å²) in [4.78, 5) is 11.8. The Labute approximate surface area is 110 Å². The second-order valence-corrected chi connectivity index (χ2v) is 4.68. The van der Waals surface area contributed by atoms with Gasteiger partial charge in [-0.2, -0.15) is 0 Å². The fraction of sp³-hybridized carbons (Fsp3) is 0.923. The van der Waals surface area contributed by atoms with Gasteiger partial charge in [-0.15, -0.1) is 0 Å². The van der Waals surface area contributed by atoms with Crippen molar-refractivity contribution in [3.63, 3.8) is 0 Å². The molecule has 18 heavy (non-hydrogen) atoms. The molecule has 0 heterocycles. The second kappa shape index (κ2) is 9.30. The van der Waals surface area contributed by atoms with Crippen LogP contribution in [0, 0.1) is 0 Å². The summed E-state index contributed by atoms with van der Waals surface area (Å²) in [5.74, 6) is -0.260. The third-order valence-corrected chi connectivity index (χ3v) is 2.57. The molecular formula is C13H27NO4. The van der Waals surface area contributed by atoms with Gasteiger partial charge in [-0.3, -0.25) is 10.1 Å². The molecule has 0 rings (SSSR count). The van der Waals surface area contributed by atoms with Crippen LogP contribution >= 0.6 is 0 Å². The molecule has 5 nitrogen and oxygen atoms in total. The van der Waals surface area contributed by atoms with Crippen LogP contribution in [0.2, 0.25) is 0 Å². The molecule has 108 valence electrons. The number of carbonyl (C=O) groups excluding carboxylic acids is 1. The van der Waals surface area contributed by atoms with Gasteiger partial charge >= 0.3 is 5.97 Å². The molecule has 0 aliphatic heterocycles. The van der Waals surface area contributed by atoms with Gasteiger partial charge in [-0.05, 0) is 34.1 Å². The molecule has 0 saturated heterocycles. The van der Waals surface area contributed by atoms with E-state index in [1.165, 1.54) is 7.11 Å². The molecule has 0 spiro atoms. The Morgan fingerprint density at radius 2 is 1.83 bits per heavy atom. The SMILES string of the molecule is CCOCCOCCC(C)(NC(C)C)C(=O)OC. The van der Waals surface area contributed by atoms with Crippen molar-refractivity contribution < 1.29 is 19.0 Å². The lowest BCUT2D eigenvalue weighted by Crippen LogP contribution is -2.53. The lowest BCUT2D eigenvalue weighted by atomic mass is 9.97. The zero-order valence-corrected chi connectivity index (χ0v) is 12.2. The highest BCUT2D eigenvalue weighted by atomic mass is 16.5. The largest absolute Gasteiger partial charge is 0.468 e. The fourth-order valence-electron chi connectivity index (χ4n) is 1.74. The number of hydrogen-bond donors (Lipinski definition) is 1. The van der Waals surface area contributed by atoms with Gasteiger partial charge < -0.3 is 14.2 Å². The zero-order valence-electron chi connectivity index (χ0n) is 12.2. The smallest absolute Gasteiger partial charge is 0.325 e. The van der Waals surface area contributed by atoms with Crippen molar-refractivity contribution >= 4 is 5.97 Å². The Kier molecular flexibility index (Phi) is 8.97. The van der Waals surface area contributed by atoms with Crippen LogP contribution in [0.25, 0.3) is 0 Å². The van der Waals surface area contributed by atoms with Crippen LogP contribution in [-0.2, 0) is 19.0 Å². The van der Waals surface area contributed by atoms with Gasteiger partial charge in [0.1, 0.15) is 5.54 Å². The molecule has 0 aliphatic carbocycles. The molecule has 0 saturated carbocycles. The van der Waals surface area contributed by atoms with Crippen LogP contribution in [0.15, 0.2) is 0 Å². The normalized spacial score (nSPS) is 14.6. The van der Waals surface area contributed by atoms with Crippen LogP contribution < -0.4 is 5.32 Å². The summed E-state index contributed by atoms with van der Waals surface area (Å²) in [5.41, 5.74) is -0.700. The van der Waals surface area contributed by atoms with Crippen LogP contribution in [0.1, 0.15) is 34.1 Å².